The van der Waals surface area contributed by atoms with Crippen molar-refractivity contribution >= 4 is 24.2 Å². The van der Waals surface area contributed by atoms with Crippen LogP contribution in [-0.4, -0.2) is 37.5 Å². The lowest BCUT2D eigenvalue weighted by Gasteiger charge is -2.13. The van der Waals surface area contributed by atoms with Gasteiger partial charge in [-0.25, -0.2) is 4.39 Å². The molecular weight excluding hydrogens is 309 g/mol. The predicted molar refractivity (Wildman–Crippen MR) is 86.5 cm³/mol. The Kier molecular flexibility index (Phi) is 10.2. The van der Waals surface area contributed by atoms with Crippen LogP contribution in [0.4, 0.5) is 4.39 Å². The van der Waals surface area contributed by atoms with Gasteiger partial charge in [-0.05, 0) is 31.2 Å². The van der Waals surface area contributed by atoms with E-state index in [1.54, 1.807) is 12.1 Å². The maximum Gasteiger partial charge on any atom is 0.239 e. The maximum atomic E-state index is 13.0. The summed E-state index contributed by atoms with van der Waals surface area (Å²) < 4.78 is 13.0. The third kappa shape index (κ3) is 8.59. The molecule has 0 unspecified atom stereocenters. The lowest BCUT2D eigenvalue weighted by Crippen LogP contribution is -2.43. The molecule has 2 amide bonds. The minimum atomic E-state index is -0.379. The first kappa shape index (κ1) is 20.3. The lowest BCUT2D eigenvalue weighted by atomic mass is 10.1. The van der Waals surface area contributed by atoms with Gasteiger partial charge in [0.25, 0.3) is 0 Å². The van der Waals surface area contributed by atoms with Crippen molar-refractivity contribution in [2.24, 2.45) is 0 Å². The molecule has 3 N–H and O–H groups in total. The van der Waals surface area contributed by atoms with Crippen molar-refractivity contribution in [1.29, 1.82) is 0 Å². The van der Waals surface area contributed by atoms with Gasteiger partial charge in [0.2, 0.25) is 11.8 Å². The predicted octanol–water partition coefficient (Wildman–Crippen LogP) is 1.02. The Morgan fingerprint density at radius 1 is 1.23 bits per heavy atom. The number of rotatable bonds is 8. The zero-order valence-electron chi connectivity index (χ0n) is 12.8. The summed E-state index contributed by atoms with van der Waals surface area (Å²) in [6.07, 6.45) is 0.0544. The molecule has 0 aliphatic rings. The Morgan fingerprint density at radius 2 is 1.95 bits per heavy atom. The highest BCUT2D eigenvalue weighted by Crippen LogP contribution is 2.03. The van der Waals surface area contributed by atoms with E-state index >= 15 is 0 Å². The van der Waals surface area contributed by atoms with E-state index in [0.29, 0.717) is 12.1 Å². The molecule has 5 nitrogen and oxygen atoms in total. The number of benzene rings is 1. The standard InChI is InChI=1S/C15H22FN3O2.ClH/c1-3-17-11(2)9-18-15(21)10-19-14(20)8-12-5-4-6-13(16)7-12;/h4-7,11,17H,3,8-10H2,1-2H3,(H,18,21)(H,19,20);1H/t11-;/m1./s1. The van der Waals surface area contributed by atoms with E-state index in [4.69, 9.17) is 0 Å². The van der Waals surface area contributed by atoms with E-state index in [0.717, 1.165) is 6.54 Å². The Labute approximate surface area is 136 Å². The molecule has 0 radical (unpaired) electrons. The second kappa shape index (κ2) is 11.0. The van der Waals surface area contributed by atoms with E-state index in [-0.39, 0.29) is 49.0 Å². The Balaban J connectivity index is 0.00000441. The number of nitrogens with one attached hydrogen (secondary N) is 3. The minimum absolute atomic E-state index is 0. The Hall–Kier alpha value is -1.66. The molecule has 0 heterocycles. The van der Waals surface area contributed by atoms with E-state index in [1.165, 1.54) is 12.1 Å². The van der Waals surface area contributed by atoms with Gasteiger partial charge in [-0.1, -0.05) is 19.1 Å². The number of hydrogen-bond donors (Lipinski definition) is 3. The van der Waals surface area contributed by atoms with Crippen LogP contribution in [0.2, 0.25) is 0 Å². The first-order valence-corrected chi connectivity index (χ1v) is 7.02. The molecule has 0 aromatic heterocycles. The summed E-state index contributed by atoms with van der Waals surface area (Å²) in [7, 11) is 0. The van der Waals surface area contributed by atoms with Gasteiger partial charge in [0.05, 0.1) is 13.0 Å². The average Bonchev–Trinajstić information content (AvgIpc) is 2.43. The van der Waals surface area contributed by atoms with Crippen molar-refractivity contribution in [3.63, 3.8) is 0 Å². The molecule has 1 atom stereocenters. The van der Waals surface area contributed by atoms with Gasteiger partial charge in [-0.15, -0.1) is 12.4 Å². The molecule has 1 aromatic rings. The molecule has 0 saturated carbocycles. The van der Waals surface area contributed by atoms with Gasteiger partial charge in [0.1, 0.15) is 5.82 Å². The number of hydrogen-bond acceptors (Lipinski definition) is 3. The summed E-state index contributed by atoms with van der Waals surface area (Å²) >= 11 is 0. The lowest BCUT2D eigenvalue weighted by molar-refractivity contribution is -0.125. The highest BCUT2D eigenvalue weighted by molar-refractivity contribution is 5.86. The first-order valence-electron chi connectivity index (χ1n) is 7.02. The molecule has 7 heteroatoms. The first-order chi connectivity index (χ1) is 10.0. The van der Waals surface area contributed by atoms with E-state index in [1.807, 2.05) is 13.8 Å². The monoisotopic (exact) mass is 331 g/mol. The fraction of sp³-hybridized carbons (Fsp3) is 0.467. The van der Waals surface area contributed by atoms with Gasteiger partial charge in [0, 0.05) is 12.6 Å². The van der Waals surface area contributed by atoms with Crippen LogP contribution < -0.4 is 16.0 Å². The molecule has 0 saturated heterocycles. The zero-order valence-corrected chi connectivity index (χ0v) is 13.6. The van der Waals surface area contributed by atoms with Crippen molar-refractivity contribution < 1.29 is 14.0 Å². The summed E-state index contributed by atoms with van der Waals surface area (Å²) in [5, 5.41) is 8.40. The minimum Gasteiger partial charge on any atom is -0.353 e. The fourth-order valence-electron chi connectivity index (χ4n) is 1.82. The van der Waals surface area contributed by atoms with Crippen LogP contribution in [0, 0.1) is 5.82 Å². The molecule has 0 fully saturated rings. The van der Waals surface area contributed by atoms with Gasteiger partial charge in [0.15, 0.2) is 0 Å². The topological polar surface area (TPSA) is 70.2 Å². The molecular formula is C15H23ClFN3O2. The number of carbonyl (C=O) groups is 2. The molecule has 124 valence electrons. The SMILES string of the molecule is CCN[C@H](C)CNC(=O)CNC(=O)Cc1cccc(F)c1.Cl. The van der Waals surface area contributed by atoms with Crippen molar-refractivity contribution in [2.45, 2.75) is 26.3 Å². The highest BCUT2D eigenvalue weighted by Gasteiger charge is 2.08. The summed E-state index contributed by atoms with van der Waals surface area (Å²) in [6, 6.07) is 6.02. The summed E-state index contributed by atoms with van der Waals surface area (Å²) in [5.74, 6) is -0.932. The number of amides is 2. The van der Waals surface area contributed by atoms with Crippen LogP contribution in [0.3, 0.4) is 0 Å². The molecule has 1 aromatic carbocycles. The third-order valence-corrected chi connectivity index (χ3v) is 2.86. The van der Waals surface area contributed by atoms with Crippen LogP contribution in [0.15, 0.2) is 24.3 Å². The van der Waals surface area contributed by atoms with Crippen LogP contribution in [0.5, 0.6) is 0 Å². The Bertz CT molecular complexity index is 486. The molecule has 1 rings (SSSR count). The van der Waals surface area contributed by atoms with Gasteiger partial charge >= 0.3 is 0 Å². The normalized spacial score (nSPS) is 11.2. The third-order valence-electron chi connectivity index (χ3n) is 2.86. The number of halogens is 2. The molecule has 22 heavy (non-hydrogen) atoms. The van der Waals surface area contributed by atoms with Crippen LogP contribution in [0.1, 0.15) is 19.4 Å². The molecule has 0 bridgehead atoms. The Morgan fingerprint density at radius 3 is 2.59 bits per heavy atom. The maximum absolute atomic E-state index is 13.0. The highest BCUT2D eigenvalue weighted by atomic mass is 35.5. The smallest absolute Gasteiger partial charge is 0.239 e. The largest absolute Gasteiger partial charge is 0.353 e. The summed E-state index contributed by atoms with van der Waals surface area (Å²) in [5.41, 5.74) is 0.577. The second-order valence-corrected chi connectivity index (χ2v) is 4.85. The quantitative estimate of drug-likeness (QED) is 0.666. The average molecular weight is 332 g/mol. The van der Waals surface area contributed by atoms with Crippen molar-refractivity contribution in [3.05, 3.63) is 35.6 Å². The summed E-state index contributed by atoms with van der Waals surface area (Å²) in [4.78, 5) is 23.2. The second-order valence-electron chi connectivity index (χ2n) is 4.85. The van der Waals surface area contributed by atoms with E-state index < -0.39 is 0 Å². The van der Waals surface area contributed by atoms with Gasteiger partial charge in [-0.2, -0.15) is 0 Å². The number of carbonyl (C=O) groups excluding carboxylic acids is 2. The van der Waals surface area contributed by atoms with Crippen molar-refractivity contribution in [1.82, 2.24) is 16.0 Å². The van der Waals surface area contributed by atoms with E-state index in [2.05, 4.69) is 16.0 Å². The molecule has 0 aliphatic heterocycles. The van der Waals surface area contributed by atoms with Crippen molar-refractivity contribution in [2.75, 3.05) is 19.6 Å². The zero-order chi connectivity index (χ0) is 15.7. The summed E-state index contributed by atoms with van der Waals surface area (Å²) in [6.45, 7) is 5.22. The molecule has 0 aliphatic carbocycles. The van der Waals surface area contributed by atoms with Crippen LogP contribution in [-0.2, 0) is 16.0 Å². The van der Waals surface area contributed by atoms with E-state index in [9.17, 15) is 14.0 Å². The van der Waals surface area contributed by atoms with Gasteiger partial charge in [-0.3, -0.25) is 9.59 Å². The van der Waals surface area contributed by atoms with Crippen molar-refractivity contribution in [3.8, 4) is 0 Å². The van der Waals surface area contributed by atoms with Gasteiger partial charge < -0.3 is 16.0 Å². The number of likely N-dealkylation sites (N-methyl/N-ethyl adjacent to an activating group) is 1. The fourth-order valence-corrected chi connectivity index (χ4v) is 1.82. The van der Waals surface area contributed by atoms with Crippen LogP contribution in [0.25, 0.3) is 0 Å². The van der Waals surface area contributed by atoms with Crippen LogP contribution >= 0.6 is 12.4 Å². The molecule has 0 spiro atoms.